The highest BCUT2D eigenvalue weighted by molar-refractivity contribution is 6.32. The maximum atomic E-state index is 6.25. The summed E-state index contributed by atoms with van der Waals surface area (Å²) in [4.78, 5) is 2.47. The minimum atomic E-state index is 0.0929. The van der Waals surface area contributed by atoms with Gasteiger partial charge < -0.3 is 15.4 Å². The van der Waals surface area contributed by atoms with Crippen LogP contribution in [0.2, 0.25) is 5.02 Å². The molecule has 3 nitrogen and oxygen atoms in total. The van der Waals surface area contributed by atoms with E-state index in [9.17, 15) is 0 Å². The fraction of sp³-hybridized carbons (Fsp3) is 0.600. The monoisotopic (exact) mass is 282 g/mol. The van der Waals surface area contributed by atoms with Crippen molar-refractivity contribution in [1.29, 1.82) is 0 Å². The molecule has 1 aromatic carbocycles. The van der Waals surface area contributed by atoms with Gasteiger partial charge in [0, 0.05) is 6.04 Å². The first-order valence-corrected chi connectivity index (χ1v) is 7.43. The Morgan fingerprint density at radius 2 is 2.05 bits per heavy atom. The molecule has 1 heterocycles. The first kappa shape index (κ1) is 14.6. The minimum Gasteiger partial charge on any atom is -0.490 e. The summed E-state index contributed by atoms with van der Waals surface area (Å²) in [5.41, 5.74) is 6.25. The molecule has 0 aliphatic carbocycles. The van der Waals surface area contributed by atoms with Gasteiger partial charge in [0.1, 0.15) is 12.4 Å². The molecule has 1 fully saturated rings. The lowest BCUT2D eigenvalue weighted by Gasteiger charge is -2.34. The van der Waals surface area contributed by atoms with Crippen LogP contribution in [0.5, 0.6) is 5.75 Å². The molecule has 0 spiro atoms. The molecule has 0 saturated carbocycles. The molecular formula is C15H23ClN2O. The zero-order chi connectivity index (χ0) is 13.7. The van der Waals surface area contributed by atoms with Gasteiger partial charge in [-0.3, -0.25) is 0 Å². The number of likely N-dealkylation sites (tertiary alicyclic amines) is 1. The van der Waals surface area contributed by atoms with Crippen molar-refractivity contribution in [3.8, 4) is 5.75 Å². The Labute approximate surface area is 120 Å². The minimum absolute atomic E-state index is 0.0929. The molecule has 19 heavy (non-hydrogen) atoms. The van der Waals surface area contributed by atoms with Gasteiger partial charge in [0.25, 0.3) is 0 Å². The van der Waals surface area contributed by atoms with E-state index in [-0.39, 0.29) is 6.04 Å². The molecule has 1 aliphatic rings. The van der Waals surface area contributed by atoms with Crippen LogP contribution in [0.1, 0.15) is 19.8 Å². The fourth-order valence-electron chi connectivity index (χ4n) is 2.58. The Hall–Kier alpha value is -0.770. The van der Waals surface area contributed by atoms with Crippen molar-refractivity contribution in [1.82, 2.24) is 4.90 Å². The lowest BCUT2D eigenvalue weighted by atomic mass is 9.90. The lowest BCUT2D eigenvalue weighted by molar-refractivity contribution is 0.152. The molecule has 0 aromatic heterocycles. The van der Waals surface area contributed by atoms with Gasteiger partial charge in [0.05, 0.1) is 5.02 Å². The van der Waals surface area contributed by atoms with Gasteiger partial charge in [0.2, 0.25) is 0 Å². The van der Waals surface area contributed by atoms with Gasteiger partial charge in [-0.05, 0) is 50.5 Å². The highest BCUT2D eigenvalue weighted by atomic mass is 35.5. The van der Waals surface area contributed by atoms with E-state index in [2.05, 4.69) is 11.8 Å². The molecule has 1 atom stereocenters. The van der Waals surface area contributed by atoms with Crippen LogP contribution in [0.15, 0.2) is 24.3 Å². The number of ether oxygens (including phenoxy) is 1. The average Bonchev–Trinajstić information content (AvgIpc) is 2.46. The van der Waals surface area contributed by atoms with Crippen molar-refractivity contribution in [3.63, 3.8) is 0 Å². The standard InChI is InChI=1S/C15H23ClN2O/c1-2-18-9-7-12(8-10-18)14(17)11-19-15-6-4-3-5-13(15)16/h3-6,12,14H,2,7-11,17H2,1H3. The summed E-state index contributed by atoms with van der Waals surface area (Å²) in [7, 11) is 0. The summed E-state index contributed by atoms with van der Waals surface area (Å²) < 4.78 is 5.73. The Bertz CT molecular complexity index is 391. The number of nitrogens with zero attached hydrogens (tertiary/aromatic N) is 1. The van der Waals surface area contributed by atoms with E-state index in [1.54, 1.807) is 0 Å². The third-order valence-corrected chi connectivity index (χ3v) is 4.27. The van der Waals surface area contributed by atoms with Gasteiger partial charge in [-0.25, -0.2) is 0 Å². The van der Waals surface area contributed by atoms with Crippen molar-refractivity contribution in [2.24, 2.45) is 11.7 Å². The largest absolute Gasteiger partial charge is 0.490 e. The smallest absolute Gasteiger partial charge is 0.137 e. The van der Waals surface area contributed by atoms with E-state index in [4.69, 9.17) is 22.1 Å². The van der Waals surface area contributed by atoms with Crippen LogP contribution in [0.3, 0.4) is 0 Å². The second-order valence-corrected chi connectivity index (χ2v) is 5.58. The second kappa shape index (κ2) is 7.13. The Kier molecular flexibility index (Phi) is 5.49. The topological polar surface area (TPSA) is 38.5 Å². The predicted octanol–water partition coefficient (Wildman–Crippen LogP) is 2.78. The van der Waals surface area contributed by atoms with Crippen molar-refractivity contribution in [2.75, 3.05) is 26.2 Å². The van der Waals surface area contributed by atoms with Crippen LogP contribution in [-0.2, 0) is 0 Å². The molecular weight excluding hydrogens is 260 g/mol. The first-order valence-electron chi connectivity index (χ1n) is 7.06. The van der Waals surface area contributed by atoms with Crippen LogP contribution >= 0.6 is 11.6 Å². The maximum absolute atomic E-state index is 6.25. The molecule has 0 radical (unpaired) electrons. The Morgan fingerprint density at radius 3 is 2.68 bits per heavy atom. The number of hydrogen-bond acceptors (Lipinski definition) is 3. The molecule has 1 aromatic rings. The summed E-state index contributed by atoms with van der Waals surface area (Å²) in [6, 6.07) is 7.63. The number of rotatable bonds is 5. The SMILES string of the molecule is CCN1CCC(C(N)COc2ccccc2Cl)CC1. The summed E-state index contributed by atoms with van der Waals surface area (Å²) >= 11 is 6.06. The van der Waals surface area contributed by atoms with Gasteiger partial charge in [-0.1, -0.05) is 30.7 Å². The van der Waals surface area contributed by atoms with Crippen molar-refractivity contribution < 1.29 is 4.74 Å². The average molecular weight is 283 g/mol. The molecule has 0 amide bonds. The number of benzene rings is 1. The first-order chi connectivity index (χ1) is 9.20. The molecule has 4 heteroatoms. The summed E-state index contributed by atoms with van der Waals surface area (Å²) in [6.07, 6.45) is 2.34. The van der Waals surface area contributed by atoms with E-state index >= 15 is 0 Å². The third kappa shape index (κ3) is 4.10. The molecule has 0 bridgehead atoms. The van der Waals surface area contributed by atoms with Crippen molar-refractivity contribution in [2.45, 2.75) is 25.8 Å². The van der Waals surface area contributed by atoms with E-state index in [1.807, 2.05) is 24.3 Å². The van der Waals surface area contributed by atoms with Crippen molar-refractivity contribution >= 4 is 11.6 Å². The summed E-state index contributed by atoms with van der Waals surface area (Å²) in [5.74, 6) is 1.29. The van der Waals surface area contributed by atoms with Gasteiger partial charge in [-0.2, -0.15) is 0 Å². The Balaban J connectivity index is 1.79. The highest BCUT2D eigenvalue weighted by Crippen LogP contribution is 2.25. The molecule has 2 rings (SSSR count). The zero-order valence-corrected chi connectivity index (χ0v) is 12.3. The van der Waals surface area contributed by atoms with E-state index in [0.717, 1.165) is 25.4 Å². The predicted molar refractivity (Wildman–Crippen MR) is 79.8 cm³/mol. The van der Waals surface area contributed by atoms with E-state index in [1.165, 1.54) is 12.8 Å². The van der Waals surface area contributed by atoms with Crippen LogP contribution < -0.4 is 10.5 Å². The molecule has 1 aliphatic heterocycles. The number of hydrogen-bond donors (Lipinski definition) is 1. The number of para-hydroxylation sites is 1. The van der Waals surface area contributed by atoms with Gasteiger partial charge in [-0.15, -0.1) is 0 Å². The highest BCUT2D eigenvalue weighted by Gasteiger charge is 2.24. The maximum Gasteiger partial charge on any atom is 0.137 e. The van der Waals surface area contributed by atoms with Crippen LogP contribution in [0.4, 0.5) is 0 Å². The van der Waals surface area contributed by atoms with Gasteiger partial charge >= 0.3 is 0 Å². The molecule has 2 N–H and O–H groups in total. The lowest BCUT2D eigenvalue weighted by Crippen LogP contribution is -2.43. The van der Waals surface area contributed by atoms with Crippen LogP contribution in [0.25, 0.3) is 0 Å². The van der Waals surface area contributed by atoms with E-state index < -0.39 is 0 Å². The number of piperidine rings is 1. The second-order valence-electron chi connectivity index (χ2n) is 5.18. The third-order valence-electron chi connectivity index (χ3n) is 3.95. The van der Waals surface area contributed by atoms with Gasteiger partial charge in [0.15, 0.2) is 0 Å². The van der Waals surface area contributed by atoms with Crippen molar-refractivity contribution in [3.05, 3.63) is 29.3 Å². The Morgan fingerprint density at radius 1 is 1.37 bits per heavy atom. The number of nitrogens with two attached hydrogens (primary N) is 1. The van der Waals surface area contributed by atoms with Crippen LogP contribution in [0, 0.1) is 5.92 Å². The molecule has 106 valence electrons. The summed E-state index contributed by atoms with van der Waals surface area (Å²) in [5, 5.41) is 0.649. The number of halogens is 1. The fourth-order valence-corrected chi connectivity index (χ4v) is 2.77. The summed E-state index contributed by atoms with van der Waals surface area (Å²) in [6.45, 7) is 6.20. The normalized spacial score (nSPS) is 19.3. The molecule has 1 saturated heterocycles. The van der Waals surface area contributed by atoms with Crippen LogP contribution in [-0.4, -0.2) is 37.2 Å². The quantitative estimate of drug-likeness (QED) is 0.902. The molecule has 1 unspecified atom stereocenters. The zero-order valence-electron chi connectivity index (χ0n) is 11.5. The van der Waals surface area contributed by atoms with E-state index in [0.29, 0.717) is 17.5 Å².